The Balaban J connectivity index is 2.04. The predicted octanol–water partition coefficient (Wildman–Crippen LogP) is -0.699. The Morgan fingerprint density at radius 1 is 1.46 bits per heavy atom. The molecule has 2 aliphatic heterocycles. The van der Waals surface area contributed by atoms with Crippen molar-refractivity contribution in [2.75, 3.05) is 12.9 Å². The number of nitrogens with one attached hydrogen (secondary N) is 1. The zero-order chi connectivity index (χ0) is 19.6. The molecular formula is C15H21N3O7S. The highest BCUT2D eigenvalue weighted by molar-refractivity contribution is 8.00. The van der Waals surface area contributed by atoms with Gasteiger partial charge in [0.05, 0.1) is 0 Å². The van der Waals surface area contributed by atoms with Gasteiger partial charge in [0.1, 0.15) is 17.1 Å². The average molecular weight is 387 g/mol. The Morgan fingerprint density at radius 2 is 2.12 bits per heavy atom. The van der Waals surface area contributed by atoms with E-state index in [0.717, 1.165) is 4.90 Å². The van der Waals surface area contributed by atoms with Crippen molar-refractivity contribution in [3.8, 4) is 0 Å². The van der Waals surface area contributed by atoms with Gasteiger partial charge < -0.3 is 26.0 Å². The molecule has 2 rings (SSSR count). The molecule has 0 bridgehead atoms. The number of hydrogen-bond acceptors (Lipinski definition) is 7. The lowest BCUT2D eigenvalue weighted by Gasteiger charge is -2.55. The second kappa shape index (κ2) is 7.64. The maximum absolute atomic E-state index is 12.6. The number of methoxy groups -OCH3 is 1. The van der Waals surface area contributed by atoms with Crippen LogP contribution in [0.2, 0.25) is 0 Å². The molecule has 0 spiro atoms. The average Bonchev–Trinajstić information content (AvgIpc) is 2.58. The van der Waals surface area contributed by atoms with Gasteiger partial charge in [0.25, 0.3) is 11.6 Å². The van der Waals surface area contributed by atoms with E-state index in [-0.39, 0.29) is 25.0 Å². The van der Waals surface area contributed by atoms with Gasteiger partial charge in [0.2, 0.25) is 5.91 Å². The molecule has 0 aromatic rings. The zero-order valence-electron chi connectivity index (χ0n) is 14.4. The molecule has 0 aliphatic carbocycles. The van der Waals surface area contributed by atoms with Gasteiger partial charge in [0.15, 0.2) is 0 Å². The molecule has 10 nitrogen and oxygen atoms in total. The van der Waals surface area contributed by atoms with Crippen LogP contribution in [0, 0.1) is 0 Å². The SMILES string of the molecule is COC1(NC(=O)CCCC(N)C(=O)O)C(=O)N2C(C(=O)O)=C(C)CS[C@@H]21. The fraction of sp³-hybridized carbons (Fsp3) is 0.600. The zero-order valence-corrected chi connectivity index (χ0v) is 15.2. The summed E-state index contributed by atoms with van der Waals surface area (Å²) in [6.07, 6.45) is 0.317. The minimum absolute atomic E-state index is 0.0303. The topological polar surface area (TPSA) is 159 Å². The van der Waals surface area contributed by atoms with E-state index in [1.165, 1.54) is 18.9 Å². The Labute approximate surface area is 153 Å². The summed E-state index contributed by atoms with van der Waals surface area (Å²) < 4.78 is 5.28. The van der Waals surface area contributed by atoms with Crippen LogP contribution in [0.5, 0.6) is 0 Å². The maximum Gasteiger partial charge on any atom is 0.352 e. The number of carbonyl (C=O) groups excluding carboxylic acids is 2. The number of carboxylic acid groups (broad SMARTS) is 2. The van der Waals surface area contributed by atoms with E-state index in [1.807, 2.05) is 0 Å². The largest absolute Gasteiger partial charge is 0.480 e. The second-order valence-electron chi connectivity index (χ2n) is 6.10. The highest BCUT2D eigenvalue weighted by atomic mass is 32.2. The lowest BCUT2D eigenvalue weighted by Crippen LogP contribution is -2.80. The van der Waals surface area contributed by atoms with Crippen molar-refractivity contribution in [1.29, 1.82) is 0 Å². The van der Waals surface area contributed by atoms with Gasteiger partial charge in [0, 0.05) is 19.3 Å². The van der Waals surface area contributed by atoms with Crippen molar-refractivity contribution < 1.29 is 34.1 Å². The van der Waals surface area contributed by atoms with Gasteiger partial charge in [-0.3, -0.25) is 19.3 Å². The molecule has 1 fully saturated rings. The number of aliphatic carboxylic acids is 2. The van der Waals surface area contributed by atoms with Gasteiger partial charge in [-0.05, 0) is 25.3 Å². The number of ether oxygens (including phenoxy) is 1. The van der Waals surface area contributed by atoms with Crippen LogP contribution < -0.4 is 11.1 Å². The number of nitrogens with two attached hydrogens (primary N) is 1. The summed E-state index contributed by atoms with van der Waals surface area (Å²) in [6.45, 7) is 1.64. The lowest BCUT2D eigenvalue weighted by molar-refractivity contribution is -0.192. The maximum atomic E-state index is 12.6. The Kier molecular flexibility index (Phi) is 5.94. The van der Waals surface area contributed by atoms with E-state index in [0.29, 0.717) is 11.3 Å². The van der Waals surface area contributed by atoms with Crippen molar-refractivity contribution in [1.82, 2.24) is 10.2 Å². The fourth-order valence-electron chi connectivity index (χ4n) is 2.91. The number of amides is 2. The Morgan fingerprint density at radius 3 is 2.65 bits per heavy atom. The summed E-state index contributed by atoms with van der Waals surface area (Å²) in [4.78, 5) is 48.0. The highest BCUT2D eigenvalue weighted by Crippen LogP contribution is 2.46. The van der Waals surface area contributed by atoms with E-state index in [4.69, 9.17) is 15.6 Å². The molecular weight excluding hydrogens is 366 g/mol. The quantitative estimate of drug-likeness (QED) is 0.312. The number of β-lactam (4-membered cyclic amide) rings is 1. The van der Waals surface area contributed by atoms with E-state index >= 15 is 0 Å². The van der Waals surface area contributed by atoms with Crippen LogP contribution in [0.1, 0.15) is 26.2 Å². The lowest BCUT2D eigenvalue weighted by atomic mass is 9.98. The molecule has 144 valence electrons. The van der Waals surface area contributed by atoms with Crippen molar-refractivity contribution in [3.63, 3.8) is 0 Å². The molecule has 2 heterocycles. The molecule has 0 saturated carbocycles. The van der Waals surface area contributed by atoms with E-state index < -0.39 is 40.9 Å². The molecule has 2 unspecified atom stereocenters. The minimum atomic E-state index is -1.63. The van der Waals surface area contributed by atoms with Gasteiger partial charge in [-0.25, -0.2) is 4.79 Å². The van der Waals surface area contributed by atoms with Crippen LogP contribution in [0.4, 0.5) is 0 Å². The summed E-state index contributed by atoms with van der Waals surface area (Å²) in [5.41, 5.74) is 4.22. The molecule has 3 atom stereocenters. The highest BCUT2D eigenvalue weighted by Gasteiger charge is 2.66. The third-order valence-corrected chi connectivity index (χ3v) is 5.77. The van der Waals surface area contributed by atoms with E-state index in [1.54, 1.807) is 6.92 Å². The normalized spacial score (nSPS) is 26.0. The van der Waals surface area contributed by atoms with E-state index in [9.17, 15) is 24.3 Å². The first-order valence-corrected chi connectivity index (χ1v) is 8.93. The molecule has 11 heteroatoms. The molecule has 0 radical (unpaired) electrons. The number of carboxylic acids is 2. The van der Waals surface area contributed by atoms with Crippen LogP contribution in [-0.2, 0) is 23.9 Å². The summed E-state index contributed by atoms with van der Waals surface area (Å²) in [5.74, 6) is -3.11. The third kappa shape index (κ3) is 3.41. The van der Waals surface area contributed by atoms with Crippen LogP contribution in [0.25, 0.3) is 0 Å². The fourth-order valence-corrected chi connectivity index (χ4v) is 4.30. The van der Waals surface area contributed by atoms with Gasteiger partial charge >= 0.3 is 11.9 Å². The number of thioether (sulfide) groups is 1. The van der Waals surface area contributed by atoms with Gasteiger partial charge in [-0.15, -0.1) is 11.8 Å². The summed E-state index contributed by atoms with van der Waals surface area (Å²) in [5, 5.41) is 19.9. The molecule has 5 N–H and O–H groups in total. The van der Waals surface area contributed by atoms with Crippen molar-refractivity contribution in [2.45, 2.75) is 43.3 Å². The smallest absolute Gasteiger partial charge is 0.352 e. The number of fused-ring (bicyclic) bond motifs is 1. The summed E-state index contributed by atoms with van der Waals surface area (Å²) >= 11 is 1.30. The van der Waals surface area contributed by atoms with Crippen molar-refractivity contribution >= 4 is 35.5 Å². The van der Waals surface area contributed by atoms with Crippen molar-refractivity contribution in [3.05, 3.63) is 11.3 Å². The van der Waals surface area contributed by atoms with Crippen LogP contribution >= 0.6 is 11.8 Å². The van der Waals surface area contributed by atoms with E-state index in [2.05, 4.69) is 5.32 Å². The monoisotopic (exact) mass is 387 g/mol. The summed E-state index contributed by atoms with van der Waals surface area (Å²) in [6, 6.07) is -1.06. The number of hydrogen-bond donors (Lipinski definition) is 4. The van der Waals surface area contributed by atoms with Crippen LogP contribution in [-0.4, -0.2) is 68.9 Å². The van der Waals surface area contributed by atoms with Crippen LogP contribution in [0.3, 0.4) is 0 Å². The Bertz CT molecular complexity index is 680. The second-order valence-corrected chi connectivity index (χ2v) is 7.17. The molecule has 2 amide bonds. The minimum Gasteiger partial charge on any atom is -0.480 e. The van der Waals surface area contributed by atoms with Gasteiger partial charge in [-0.1, -0.05) is 0 Å². The predicted molar refractivity (Wildman–Crippen MR) is 90.8 cm³/mol. The Hall–Kier alpha value is -2.11. The molecule has 2 aliphatic rings. The first-order valence-electron chi connectivity index (χ1n) is 7.88. The first-order chi connectivity index (χ1) is 12.2. The van der Waals surface area contributed by atoms with Gasteiger partial charge in [-0.2, -0.15) is 0 Å². The van der Waals surface area contributed by atoms with Crippen molar-refractivity contribution in [2.24, 2.45) is 5.73 Å². The number of carbonyl (C=O) groups is 4. The first kappa shape index (κ1) is 20.2. The third-order valence-electron chi connectivity index (χ3n) is 4.31. The standard InChI is InChI=1S/C15H21N3O7S/c1-7-6-26-14-15(25-2,13(24)18(14)10(7)12(22)23)17-9(19)5-3-4-8(16)11(20)21/h8,14H,3-6,16H2,1-2H3,(H,17,19)(H,20,21)(H,22,23)/t8?,14-,15?/m1/s1. The molecule has 26 heavy (non-hydrogen) atoms. The number of nitrogens with zero attached hydrogens (tertiary/aromatic N) is 1. The molecule has 0 aromatic carbocycles. The molecule has 1 saturated heterocycles. The summed E-state index contributed by atoms with van der Waals surface area (Å²) in [7, 11) is 1.27. The van der Waals surface area contributed by atoms with Crippen LogP contribution in [0.15, 0.2) is 11.3 Å². The molecule has 0 aromatic heterocycles. The number of rotatable bonds is 8.